The molecular formula is C15H13ClF3LiO4S. The number of halogens is 4. The molecule has 0 fully saturated rings. The number of hydrogen-bond donors (Lipinski definition) is 0. The van der Waals surface area contributed by atoms with Crippen LogP contribution in [0.5, 0.6) is 5.75 Å². The molecule has 132 valence electrons. The maximum absolute atomic E-state index is 12.6. The summed E-state index contributed by atoms with van der Waals surface area (Å²) in [6.07, 6.45) is -3.58. The topological polar surface area (TPSA) is 58.6 Å². The van der Waals surface area contributed by atoms with E-state index in [1.165, 1.54) is 6.92 Å². The Hall–Kier alpha value is -0.783. The van der Waals surface area contributed by atoms with E-state index in [4.69, 9.17) is 21.1 Å². The van der Waals surface area contributed by atoms with Crippen LogP contribution in [0.4, 0.5) is 13.2 Å². The van der Waals surface area contributed by atoms with E-state index in [1.807, 2.05) is 0 Å². The molecule has 0 amide bonds. The van der Waals surface area contributed by atoms with Crippen molar-refractivity contribution in [1.82, 2.24) is 0 Å². The van der Waals surface area contributed by atoms with Gasteiger partial charge in [-0.15, -0.1) is 0 Å². The molecule has 4 nitrogen and oxygen atoms in total. The molecule has 2 unspecified atom stereocenters. The maximum atomic E-state index is 12.6. The van der Waals surface area contributed by atoms with E-state index in [-0.39, 0.29) is 29.6 Å². The van der Waals surface area contributed by atoms with Gasteiger partial charge in [-0.1, -0.05) is 23.4 Å². The van der Waals surface area contributed by atoms with E-state index in [9.17, 15) is 23.1 Å². The molecule has 2 atom stereocenters. The first kappa shape index (κ1) is 22.3. The SMILES string of the molecule is CC(OC1(C)CC=C(Oc2ccc(C(F)(F)F)cc2Cl)S1)C(=O)[O-].[Li+]. The van der Waals surface area contributed by atoms with Gasteiger partial charge in [-0.25, -0.2) is 0 Å². The molecule has 0 aliphatic carbocycles. The van der Waals surface area contributed by atoms with E-state index >= 15 is 0 Å². The molecular weight excluding hydrogens is 376 g/mol. The van der Waals surface area contributed by atoms with Crippen molar-refractivity contribution >= 4 is 29.3 Å². The molecule has 1 aliphatic rings. The van der Waals surface area contributed by atoms with Crippen molar-refractivity contribution < 1.29 is 51.4 Å². The molecule has 2 rings (SSSR count). The minimum Gasteiger partial charge on any atom is -0.547 e. The van der Waals surface area contributed by atoms with Crippen LogP contribution in [-0.2, 0) is 15.7 Å². The van der Waals surface area contributed by atoms with Crippen molar-refractivity contribution in [1.29, 1.82) is 0 Å². The summed E-state index contributed by atoms with van der Waals surface area (Å²) in [6, 6.07) is 2.78. The van der Waals surface area contributed by atoms with Crippen molar-refractivity contribution in [3.63, 3.8) is 0 Å². The van der Waals surface area contributed by atoms with Gasteiger partial charge in [0.25, 0.3) is 0 Å². The molecule has 0 spiro atoms. The number of alkyl halides is 3. The van der Waals surface area contributed by atoms with Crippen LogP contribution >= 0.6 is 23.4 Å². The summed E-state index contributed by atoms with van der Waals surface area (Å²) in [5, 5.41) is 10.9. The summed E-state index contributed by atoms with van der Waals surface area (Å²) in [5.74, 6) is -1.27. The number of thioether (sulfide) groups is 1. The number of carbonyl (C=O) groups excluding carboxylic acids is 1. The molecule has 0 N–H and O–H groups in total. The van der Waals surface area contributed by atoms with E-state index in [0.717, 1.165) is 30.0 Å². The van der Waals surface area contributed by atoms with E-state index in [1.54, 1.807) is 13.0 Å². The third kappa shape index (κ3) is 5.86. The fraction of sp³-hybridized carbons (Fsp3) is 0.400. The molecule has 0 saturated heterocycles. The van der Waals surface area contributed by atoms with Gasteiger partial charge in [-0.05, 0) is 38.1 Å². The van der Waals surface area contributed by atoms with Gasteiger partial charge < -0.3 is 19.4 Å². The predicted octanol–water partition coefficient (Wildman–Crippen LogP) is 0.591. The number of rotatable bonds is 5. The maximum Gasteiger partial charge on any atom is 1.00 e. The van der Waals surface area contributed by atoms with E-state index in [0.29, 0.717) is 11.5 Å². The summed E-state index contributed by atoms with van der Waals surface area (Å²) in [5.41, 5.74) is -0.871. The minimum atomic E-state index is -4.49. The van der Waals surface area contributed by atoms with Gasteiger partial charge in [0, 0.05) is 6.42 Å². The first-order chi connectivity index (χ1) is 11.0. The second-order valence-electron chi connectivity index (χ2n) is 5.29. The van der Waals surface area contributed by atoms with Crippen molar-refractivity contribution in [2.75, 3.05) is 0 Å². The zero-order valence-electron chi connectivity index (χ0n) is 13.6. The minimum absolute atomic E-state index is 0. The third-order valence-corrected chi connectivity index (χ3v) is 4.63. The Kier molecular flexibility index (Phi) is 7.37. The zero-order chi connectivity index (χ0) is 18.1. The zero-order valence-corrected chi connectivity index (χ0v) is 15.2. The van der Waals surface area contributed by atoms with Crippen LogP contribution in [0.1, 0.15) is 25.8 Å². The number of carboxylic acid groups (broad SMARTS) is 1. The monoisotopic (exact) mass is 388 g/mol. The quantitative estimate of drug-likeness (QED) is 0.691. The summed E-state index contributed by atoms with van der Waals surface area (Å²) in [6.45, 7) is 3.03. The van der Waals surface area contributed by atoms with Gasteiger partial charge in [-0.2, -0.15) is 13.2 Å². The average molecular weight is 389 g/mol. The fourth-order valence-corrected chi connectivity index (χ4v) is 3.29. The second kappa shape index (κ2) is 8.27. The molecule has 1 aromatic carbocycles. The Morgan fingerprint density at radius 2 is 2.08 bits per heavy atom. The van der Waals surface area contributed by atoms with Crippen LogP contribution < -0.4 is 28.7 Å². The summed E-state index contributed by atoms with van der Waals surface area (Å²) in [4.78, 5) is 9.89. The second-order valence-corrected chi connectivity index (χ2v) is 7.16. The van der Waals surface area contributed by atoms with Gasteiger partial charge in [-0.3, -0.25) is 0 Å². The van der Waals surface area contributed by atoms with Crippen LogP contribution in [0.2, 0.25) is 5.02 Å². The van der Waals surface area contributed by atoms with E-state index in [2.05, 4.69) is 0 Å². The van der Waals surface area contributed by atoms with Crippen LogP contribution in [0.25, 0.3) is 0 Å². The third-order valence-electron chi connectivity index (χ3n) is 3.18. The molecule has 1 aromatic rings. The number of hydrogen-bond acceptors (Lipinski definition) is 5. The Morgan fingerprint density at radius 3 is 2.60 bits per heavy atom. The number of carboxylic acids is 1. The molecule has 1 heterocycles. The van der Waals surface area contributed by atoms with Gasteiger partial charge in [0.05, 0.1) is 22.7 Å². The van der Waals surface area contributed by atoms with Crippen LogP contribution in [-0.4, -0.2) is 17.0 Å². The molecule has 0 radical (unpaired) electrons. The number of carbonyl (C=O) groups is 1. The molecule has 1 aliphatic heterocycles. The first-order valence-corrected chi connectivity index (χ1v) is 8.02. The smallest absolute Gasteiger partial charge is 0.547 e. The van der Waals surface area contributed by atoms with Crippen molar-refractivity contribution in [2.24, 2.45) is 0 Å². The van der Waals surface area contributed by atoms with Crippen molar-refractivity contribution in [3.05, 3.63) is 40.0 Å². The molecule has 0 saturated carbocycles. The summed E-state index contributed by atoms with van der Waals surface area (Å²) < 4.78 is 48.7. The fourth-order valence-electron chi connectivity index (χ4n) is 1.99. The molecule has 0 bridgehead atoms. The van der Waals surface area contributed by atoms with Crippen molar-refractivity contribution in [2.45, 2.75) is 37.5 Å². The summed E-state index contributed by atoms with van der Waals surface area (Å²) in [7, 11) is 0. The number of ether oxygens (including phenoxy) is 2. The van der Waals surface area contributed by atoms with E-state index < -0.39 is 28.7 Å². The number of benzene rings is 1. The van der Waals surface area contributed by atoms with Gasteiger partial charge in [0.1, 0.15) is 10.7 Å². The Morgan fingerprint density at radius 1 is 1.44 bits per heavy atom. The summed E-state index contributed by atoms with van der Waals surface area (Å²) >= 11 is 6.95. The Labute approximate surface area is 163 Å². The average Bonchev–Trinajstić information content (AvgIpc) is 2.80. The van der Waals surface area contributed by atoms with Crippen molar-refractivity contribution in [3.8, 4) is 5.75 Å². The van der Waals surface area contributed by atoms with Crippen LogP contribution in [0.15, 0.2) is 29.4 Å². The standard InChI is InChI=1S/C15H14ClF3O4S.Li/c1-8(13(20)21)23-14(2)6-5-12(24-14)22-11-4-3-9(7-10(11)16)15(17,18)19;/h3-5,7-8H,6H2,1-2H3,(H,20,21);/q;+1/p-1. The van der Waals surface area contributed by atoms with Gasteiger partial charge in [0.2, 0.25) is 0 Å². The molecule has 0 aromatic heterocycles. The van der Waals surface area contributed by atoms with Gasteiger partial charge in [0.15, 0.2) is 5.09 Å². The van der Waals surface area contributed by atoms with Crippen LogP contribution in [0, 0.1) is 0 Å². The molecule has 25 heavy (non-hydrogen) atoms. The van der Waals surface area contributed by atoms with Crippen LogP contribution in [0.3, 0.4) is 0 Å². The first-order valence-electron chi connectivity index (χ1n) is 6.83. The number of aliphatic carboxylic acids is 1. The Bertz CT molecular complexity index is 683. The largest absolute Gasteiger partial charge is 1.00 e. The molecule has 10 heteroatoms. The predicted molar refractivity (Wildman–Crippen MR) is 81.3 cm³/mol. The Balaban J connectivity index is 0.00000312. The normalized spacial score (nSPS) is 21.3. The van der Waals surface area contributed by atoms with Gasteiger partial charge >= 0.3 is 25.0 Å².